The minimum atomic E-state index is -0.648. The Labute approximate surface area is 72.3 Å². The van der Waals surface area contributed by atoms with Gasteiger partial charge >= 0.3 is 0 Å². The van der Waals surface area contributed by atoms with Gasteiger partial charge in [0, 0.05) is 0 Å². The van der Waals surface area contributed by atoms with Crippen LogP contribution in [0.25, 0.3) is 0 Å². The van der Waals surface area contributed by atoms with Crippen LogP contribution in [-0.4, -0.2) is 40.6 Å². The van der Waals surface area contributed by atoms with Gasteiger partial charge in [-0.1, -0.05) is 6.92 Å². The van der Waals surface area contributed by atoms with Crippen molar-refractivity contribution in [1.82, 2.24) is 4.90 Å². The molecule has 1 saturated heterocycles. The highest BCUT2D eigenvalue weighted by Crippen LogP contribution is 2.24. The number of nitrogens with zero attached hydrogens (tertiary/aromatic N) is 1. The van der Waals surface area contributed by atoms with Gasteiger partial charge in [0.1, 0.15) is 0 Å². The van der Waals surface area contributed by atoms with Gasteiger partial charge in [-0.15, -0.1) is 0 Å². The van der Waals surface area contributed by atoms with E-state index < -0.39 is 11.6 Å². The second-order valence-electron chi connectivity index (χ2n) is 3.56. The monoisotopic (exact) mass is 172 g/mol. The Balaban J connectivity index is 2.39. The third-order valence-corrected chi connectivity index (χ3v) is 2.33. The Hall–Kier alpha value is -0.610. The first-order valence-electron chi connectivity index (χ1n) is 4.25. The van der Waals surface area contributed by atoms with Crippen LogP contribution < -0.4 is 5.73 Å². The van der Waals surface area contributed by atoms with Gasteiger partial charge in [-0.05, 0) is 13.3 Å². The third-order valence-electron chi connectivity index (χ3n) is 2.33. The van der Waals surface area contributed by atoms with Crippen LogP contribution in [0, 0.1) is 0 Å². The molecule has 0 aromatic carbocycles. The van der Waals surface area contributed by atoms with Gasteiger partial charge in [0.25, 0.3) is 0 Å². The lowest BCUT2D eigenvalue weighted by atomic mass is 9.91. The van der Waals surface area contributed by atoms with E-state index in [-0.39, 0.29) is 5.91 Å². The number of likely N-dealkylation sites (tertiary alicyclic amines) is 1. The van der Waals surface area contributed by atoms with Crippen LogP contribution in [0.2, 0.25) is 0 Å². The molecule has 0 bridgehead atoms. The van der Waals surface area contributed by atoms with Crippen molar-refractivity contribution in [3.05, 3.63) is 0 Å². The SMILES string of the molecule is CCC1(O)CN(C(=O)C(C)N)C1. The highest BCUT2D eigenvalue weighted by Gasteiger charge is 2.42. The second-order valence-corrected chi connectivity index (χ2v) is 3.56. The summed E-state index contributed by atoms with van der Waals surface area (Å²) in [5, 5.41) is 9.59. The molecular weight excluding hydrogens is 156 g/mol. The molecule has 0 aromatic heterocycles. The summed E-state index contributed by atoms with van der Waals surface area (Å²) in [7, 11) is 0. The summed E-state index contributed by atoms with van der Waals surface area (Å²) in [5.74, 6) is -0.0758. The molecule has 1 atom stereocenters. The molecule has 1 aliphatic rings. The number of amides is 1. The minimum absolute atomic E-state index is 0.0758. The Morgan fingerprint density at radius 1 is 1.75 bits per heavy atom. The van der Waals surface area contributed by atoms with Gasteiger partial charge in [-0.3, -0.25) is 4.79 Å². The Bertz CT molecular complexity index is 185. The van der Waals surface area contributed by atoms with Crippen molar-refractivity contribution in [2.24, 2.45) is 5.73 Å². The average Bonchev–Trinajstić information content (AvgIpc) is 1.97. The van der Waals surface area contributed by atoms with Crippen LogP contribution in [0.3, 0.4) is 0 Å². The molecule has 1 fully saturated rings. The fourth-order valence-electron chi connectivity index (χ4n) is 1.33. The number of hydrogen-bond acceptors (Lipinski definition) is 3. The lowest BCUT2D eigenvalue weighted by molar-refractivity contribution is -0.156. The average molecular weight is 172 g/mol. The molecule has 4 heteroatoms. The molecule has 0 aromatic rings. The van der Waals surface area contributed by atoms with Crippen molar-refractivity contribution in [3.8, 4) is 0 Å². The summed E-state index contributed by atoms with van der Waals surface area (Å²) in [6.07, 6.45) is 0.690. The minimum Gasteiger partial charge on any atom is -0.386 e. The standard InChI is InChI=1S/C8H16N2O2/c1-3-8(12)4-10(5-8)7(11)6(2)9/h6,12H,3-5,9H2,1-2H3. The van der Waals surface area contributed by atoms with E-state index in [1.807, 2.05) is 6.92 Å². The van der Waals surface area contributed by atoms with Crippen LogP contribution in [0.1, 0.15) is 20.3 Å². The predicted molar refractivity (Wildman–Crippen MR) is 45.5 cm³/mol. The van der Waals surface area contributed by atoms with Gasteiger partial charge in [-0.2, -0.15) is 0 Å². The van der Waals surface area contributed by atoms with Crippen LogP contribution in [-0.2, 0) is 4.79 Å². The molecule has 0 spiro atoms. The van der Waals surface area contributed by atoms with E-state index in [2.05, 4.69) is 0 Å². The summed E-state index contributed by atoms with van der Waals surface area (Å²) in [6.45, 7) is 4.44. The smallest absolute Gasteiger partial charge is 0.239 e. The van der Waals surface area contributed by atoms with Gasteiger partial charge in [0.2, 0.25) is 5.91 Å². The zero-order chi connectivity index (χ0) is 9.35. The number of carbonyl (C=O) groups excluding carboxylic acids is 1. The molecule has 1 aliphatic heterocycles. The summed E-state index contributed by atoms with van der Waals surface area (Å²) in [4.78, 5) is 12.8. The first kappa shape index (κ1) is 9.48. The van der Waals surface area contributed by atoms with Crippen LogP contribution in [0.15, 0.2) is 0 Å². The maximum absolute atomic E-state index is 11.2. The van der Waals surface area contributed by atoms with E-state index in [0.29, 0.717) is 19.5 Å². The van der Waals surface area contributed by atoms with Crippen molar-refractivity contribution in [3.63, 3.8) is 0 Å². The van der Waals surface area contributed by atoms with E-state index in [0.717, 1.165) is 0 Å². The van der Waals surface area contributed by atoms with Crippen LogP contribution in [0.5, 0.6) is 0 Å². The maximum Gasteiger partial charge on any atom is 0.239 e. The summed E-state index contributed by atoms with van der Waals surface area (Å²) in [6, 6.07) is -0.452. The maximum atomic E-state index is 11.2. The van der Waals surface area contributed by atoms with Crippen molar-refractivity contribution < 1.29 is 9.90 Å². The highest BCUT2D eigenvalue weighted by atomic mass is 16.3. The quantitative estimate of drug-likeness (QED) is 0.580. The largest absolute Gasteiger partial charge is 0.386 e. The van der Waals surface area contributed by atoms with Crippen molar-refractivity contribution in [2.75, 3.05) is 13.1 Å². The zero-order valence-electron chi connectivity index (χ0n) is 7.58. The lowest BCUT2D eigenvalue weighted by Crippen LogP contribution is -2.65. The normalized spacial score (nSPS) is 23.2. The molecule has 0 saturated carbocycles. The predicted octanol–water partition coefficient (Wildman–Crippen LogP) is -0.683. The number of aliphatic hydroxyl groups is 1. The summed E-state index contributed by atoms with van der Waals surface area (Å²) >= 11 is 0. The molecule has 0 radical (unpaired) electrons. The number of hydrogen-bond donors (Lipinski definition) is 2. The number of rotatable bonds is 2. The molecule has 3 N–H and O–H groups in total. The Morgan fingerprint density at radius 2 is 2.25 bits per heavy atom. The molecule has 1 rings (SSSR count). The van der Waals surface area contributed by atoms with Gasteiger partial charge < -0.3 is 15.7 Å². The molecule has 1 amide bonds. The van der Waals surface area contributed by atoms with E-state index in [1.54, 1.807) is 11.8 Å². The first-order chi connectivity index (χ1) is 5.48. The molecular formula is C8H16N2O2. The molecule has 70 valence electrons. The van der Waals surface area contributed by atoms with E-state index >= 15 is 0 Å². The van der Waals surface area contributed by atoms with E-state index in [9.17, 15) is 9.90 Å². The number of carbonyl (C=O) groups is 1. The Kier molecular flexibility index (Phi) is 2.39. The second kappa shape index (κ2) is 3.03. The fourth-order valence-corrected chi connectivity index (χ4v) is 1.33. The third kappa shape index (κ3) is 1.59. The van der Waals surface area contributed by atoms with Gasteiger partial charge in [0.15, 0.2) is 0 Å². The van der Waals surface area contributed by atoms with Crippen molar-refractivity contribution in [1.29, 1.82) is 0 Å². The van der Waals surface area contributed by atoms with Crippen molar-refractivity contribution >= 4 is 5.91 Å². The van der Waals surface area contributed by atoms with Gasteiger partial charge in [0.05, 0.1) is 24.7 Å². The molecule has 12 heavy (non-hydrogen) atoms. The van der Waals surface area contributed by atoms with Gasteiger partial charge in [-0.25, -0.2) is 0 Å². The summed E-state index contributed by atoms with van der Waals surface area (Å²) < 4.78 is 0. The topological polar surface area (TPSA) is 66.6 Å². The highest BCUT2D eigenvalue weighted by molar-refractivity contribution is 5.82. The number of nitrogens with two attached hydrogens (primary N) is 1. The van der Waals surface area contributed by atoms with E-state index in [1.165, 1.54) is 0 Å². The van der Waals surface area contributed by atoms with E-state index in [4.69, 9.17) is 5.73 Å². The first-order valence-corrected chi connectivity index (χ1v) is 4.25. The number of β-amino-alcohol motifs (C(OH)–C–C–N with tert-alkyl or cyclic N) is 1. The fraction of sp³-hybridized carbons (Fsp3) is 0.875. The zero-order valence-corrected chi connectivity index (χ0v) is 7.58. The Morgan fingerprint density at radius 3 is 2.58 bits per heavy atom. The molecule has 4 nitrogen and oxygen atoms in total. The van der Waals surface area contributed by atoms with Crippen LogP contribution in [0.4, 0.5) is 0 Å². The molecule has 1 unspecified atom stereocenters. The lowest BCUT2D eigenvalue weighted by Gasteiger charge is -2.46. The summed E-state index contributed by atoms with van der Waals surface area (Å²) in [5.41, 5.74) is 4.76. The molecule has 1 heterocycles. The molecule has 0 aliphatic carbocycles. The van der Waals surface area contributed by atoms with Crippen LogP contribution >= 0.6 is 0 Å². The van der Waals surface area contributed by atoms with Crippen molar-refractivity contribution in [2.45, 2.75) is 31.9 Å².